The highest BCUT2D eigenvalue weighted by Crippen LogP contribution is 2.25. The van der Waals surface area contributed by atoms with Gasteiger partial charge < -0.3 is 20.2 Å². The van der Waals surface area contributed by atoms with Gasteiger partial charge in [-0.15, -0.1) is 0 Å². The number of likely N-dealkylation sites (N-methyl/N-ethyl adjacent to an activating group) is 1. The van der Waals surface area contributed by atoms with Crippen molar-refractivity contribution in [3.63, 3.8) is 0 Å². The van der Waals surface area contributed by atoms with E-state index in [0.717, 1.165) is 5.39 Å². The van der Waals surface area contributed by atoms with E-state index in [9.17, 15) is 24.9 Å². The van der Waals surface area contributed by atoms with Gasteiger partial charge in [-0.1, -0.05) is 54.1 Å². The lowest BCUT2D eigenvalue weighted by Gasteiger charge is -2.22. The predicted molar refractivity (Wildman–Crippen MR) is 142 cm³/mol. The summed E-state index contributed by atoms with van der Waals surface area (Å²) in [4.78, 5) is 27.0. The van der Waals surface area contributed by atoms with Crippen LogP contribution in [0.15, 0.2) is 84.0 Å². The maximum Gasteiger partial charge on any atom is 0.271 e. The summed E-state index contributed by atoms with van der Waals surface area (Å²) in [5.41, 5.74) is 4.29. The number of hydrazone groups is 1. The first-order chi connectivity index (χ1) is 17.7. The molecule has 0 aliphatic carbocycles. The van der Waals surface area contributed by atoms with Crippen molar-refractivity contribution >= 4 is 40.4 Å². The van der Waals surface area contributed by atoms with Crippen LogP contribution in [0.1, 0.15) is 37.9 Å². The van der Waals surface area contributed by atoms with Gasteiger partial charge in [0, 0.05) is 23.7 Å². The highest BCUT2D eigenvalue weighted by Gasteiger charge is 2.19. The van der Waals surface area contributed by atoms with E-state index >= 15 is 0 Å². The normalized spacial score (nSPS) is 12.0. The molecule has 0 saturated carbocycles. The minimum Gasteiger partial charge on any atom is -0.508 e. The Morgan fingerprint density at radius 3 is 2.49 bits per heavy atom. The minimum absolute atomic E-state index is 0.0349. The Morgan fingerprint density at radius 1 is 1.00 bits per heavy atom. The second-order valence-electron chi connectivity index (χ2n) is 8.41. The average molecular weight is 518 g/mol. The van der Waals surface area contributed by atoms with Gasteiger partial charge in [0.1, 0.15) is 11.5 Å². The largest absolute Gasteiger partial charge is 0.508 e. The number of aliphatic hydroxyl groups is 1. The van der Waals surface area contributed by atoms with Crippen molar-refractivity contribution in [1.82, 2.24) is 10.3 Å². The number of carbonyl (C=O) groups excluding carboxylic acids is 2. The maximum atomic E-state index is 13.3. The van der Waals surface area contributed by atoms with E-state index in [0.29, 0.717) is 22.1 Å². The quantitative estimate of drug-likeness (QED) is 0.213. The zero-order valence-corrected chi connectivity index (χ0v) is 20.6. The number of halogens is 1. The van der Waals surface area contributed by atoms with E-state index < -0.39 is 12.0 Å². The molecule has 4 aromatic rings. The average Bonchev–Trinajstić information content (AvgIpc) is 2.89. The Labute approximate surface area is 218 Å². The smallest absolute Gasteiger partial charge is 0.271 e. The van der Waals surface area contributed by atoms with E-state index in [2.05, 4.69) is 10.5 Å². The molecule has 4 aromatic carbocycles. The van der Waals surface area contributed by atoms with Crippen LogP contribution >= 0.6 is 11.6 Å². The highest BCUT2D eigenvalue weighted by atomic mass is 35.5. The molecule has 4 N–H and O–H groups in total. The summed E-state index contributed by atoms with van der Waals surface area (Å²) in [6.45, 7) is 0.0349. The number of benzene rings is 4. The van der Waals surface area contributed by atoms with E-state index in [4.69, 9.17) is 11.6 Å². The first-order valence-corrected chi connectivity index (χ1v) is 11.7. The van der Waals surface area contributed by atoms with Crippen molar-refractivity contribution in [1.29, 1.82) is 0 Å². The third-order valence-corrected chi connectivity index (χ3v) is 6.12. The highest BCUT2D eigenvalue weighted by molar-refractivity contribution is 6.32. The third-order valence-electron chi connectivity index (χ3n) is 5.82. The van der Waals surface area contributed by atoms with Crippen molar-refractivity contribution < 1.29 is 24.9 Å². The molecule has 0 aromatic heterocycles. The van der Waals surface area contributed by atoms with Gasteiger partial charge in [0.25, 0.3) is 11.8 Å². The van der Waals surface area contributed by atoms with Gasteiger partial charge in [-0.2, -0.15) is 5.10 Å². The Hall–Kier alpha value is -4.40. The van der Waals surface area contributed by atoms with Crippen molar-refractivity contribution in [3.05, 3.63) is 106 Å². The molecule has 0 radical (unpaired) electrons. The summed E-state index contributed by atoms with van der Waals surface area (Å²) in [6.07, 6.45) is 0.511. The van der Waals surface area contributed by atoms with Gasteiger partial charge in [-0.05, 0) is 52.7 Å². The molecule has 4 rings (SSSR count). The fraction of sp³-hybridized carbons (Fsp3) is 0.107. The molecule has 0 aliphatic heterocycles. The molecule has 37 heavy (non-hydrogen) atoms. The van der Waals surface area contributed by atoms with Gasteiger partial charge in [-0.3, -0.25) is 9.59 Å². The van der Waals surface area contributed by atoms with E-state index in [-0.39, 0.29) is 34.5 Å². The lowest BCUT2D eigenvalue weighted by Crippen LogP contribution is -2.31. The molecule has 0 aliphatic rings. The molecule has 0 spiro atoms. The van der Waals surface area contributed by atoms with E-state index in [1.54, 1.807) is 31.3 Å². The number of nitrogens with zero attached hydrogens (tertiary/aromatic N) is 2. The second-order valence-corrected chi connectivity index (χ2v) is 8.82. The molecule has 2 amide bonds. The van der Waals surface area contributed by atoms with E-state index in [1.165, 1.54) is 41.4 Å². The molecular formula is C28H24ClN3O5. The minimum atomic E-state index is -0.967. The molecule has 0 fully saturated rings. The van der Waals surface area contributed by atoms with Crippen LogP contribution in [-0.2, 0) is 0 Å². The molecule has 9 heteroatoms. The lowest BCUT2D eigenvalue weighted by atomic mass is 9.99. The number of amides is 2. The van der Waals surface area contributed by atoms with Gasteiger partial charge in [-0.25, -0.2) is 5.43 Å². The Morgan fingerprint density at radius 2 is 1.76 bits per heavy atom. The first-order valence-electron chi connectivity index (χ1n) is 11.3. The summed E-state index contributed by atoms with van der Waals surface area (Å²) in [7, 11) is 1.60. The fourth-order valence-corrected chi connectivity index (χ4v) is 4.06. The van der Waals surface area contributed by atoms with Gasteiger partial charge in [0.05, 0.1) is 23.9 Å². The van der Waals surface area contributed by atoms with Crippen molar-refractivity contribution in [3.8, 4) is 11.5 Å². The molecular weight excluding hydrogens is 494 g/mol. The van der Waals surface area contributed by atoms with Crippen LogP contribution in [0.2, 0.25) is 5.02 Å². The van der Waals surface area contributed by atoms with Gasteiger partial charge in [0.15, 0.2) is 0 Å². The van der Waals surface area contributed by atoms with Crippen LogP contribution in [0.4, 0.5) is 0 Å². The number of phenolic OH excluding ortho intramolecular Hbond substituents is 2. The fourth-order valence-electron chi connectivity index (χ4n) is 3.88. The van der Waals surface area contributed by atoms with Crippen LogP contribution in [0, 0.1) is 0 Å². The number of rotatable bonds is 7. The van der Waals surface area contributed by atoms with Crippen LogP contribution in [-0.4, -0.2) is 51.8 Å². The Kier molecular flexibility index (Phi) is 7.71. The van der Waals surface area contributed by atoms with Crippen LogP contribution in [0.5, 0.6) is 11.5 Å². The summed E-state index contributed by atoms with van der Waals surface area (Å²) >= 11 is 5.86. The monoisotopic (exact) mass is 517 g/mol. The maximum absolute atomic E-state index is 13.3. The molecule has 0 heterocycles. The number of aromatic hydroxyl groups is 2. The Bertz CT molecular complexity index is 1500. The standard InChI is InChI=1S/C28H24ClN3O5/c1-32(16-26(35)17-5-4-6-20(33)13-17)28(37)23-11-9-19(21-7-2-3-8-22(21)23)15-30-31-27(36)18-10-12-25(34)24(29)14-18/h2-15,26,33-35H,16H2,1H3,(H,31,36)/b30-15+/t26-/m0/s1. The number of aliphatic hydroxyl groups excluding tert-OH is 1. The van der Waals surface area contributed by atoms with Gasteiger partial charge >= 0.3 is 0 Å². The zero-order valence-electron chi connectivity index (χ0n) is 19.8. The third kappa shape index (κ3) is 5.88. The van der Waals surface area contributed by atoms with Crippen molar-refractivity contribution in [2.75, 3.05) is 13.6 Å². The zero-order chi connectivity index (χ0) is 26.5. The number of hydrogen-bond acceptors (Lipinski definition) is 6. The topological polar surface area (TPSA) is 122 Å². The number of phenols is 2. The predicted octanol–water partition coefficient (Wildman–Crippen LogP) is 4.47. The van der Waals surface area contributed by atoms with Crippen LogP contribution < -0.4 is 5.43 Å². The number of fused-ring (bicyclic) bond motifs is 1. The van der Waals surface area contributed by atoms with E-state index in [1.807, 2.05) is 24.3 Å². The first kappa shape index (κ1) is 25.7. The summed E-state index contributed by atoms with van der Waals surface area (Å²) < 4.78 is 0. The number of hydrogen-bond donors (Lipinski definition) is 4. The molecule has 0 bridgehead atoms. The van der Waals surface area contributed by atoms with Crippen molar-refractivity contribution in [2.45, 2.75) is 6.10 Å². The molecule has 1 atom stereocenters. The molecule has 0 saturated heterocycles. The number of nitrogens with one attached hydrogen (secondary N) is 1. The summed E-state index contributed by atoms with van der Waals surface area (Å²) in [6, 6.07) is 21.1. The Balaban J connectivity index is 1.52. The molecule has 188 valence electrons. The van der Waals surface area contributed by atoms with Crippen LogP contribution in [0.3, 0.4) is 0 Å². The van der Waals surface area contributed by atoms with Gasteiger partial charge in [0.2, 0.25) is 0 Å². The van der Waals surface area contributed by atoms with Crippen LogP contribution in [0.25, 0.3) is 10.8 Å². The molecule has 8 nitrogen and oxygen atoms in total. The van der Waals surface area contributed by atoms with Crippen molar-refractivity contribution in [2.24, 2.45) is 5.10 Å². The number of carbonyl (C=O) groups is 2. The SMILES string of the molecule is CN(C[C@H](O)c1cccc(O)c1)C(=O)c1ccc(/C=N/NC(=O)c2ccc(O)c(Cl)c2)c2ccccc12. The molecule has 0 unspecified atom stereocenters. The second kappa shape index (κ2) is 11.1. The summed E-state index contributed by atoms with van der Waals surface area (Å²) in [5.74, 6) is -0.864. The lowest BCUT2D eigenvalue weighted by molar-refractivity contribution is 0.0682. The summed E-state index contributed by atoms with van der Waals surface area (Å²) in [5, 5.41) is 35.2.